The molecule has 2 heterocycles. The van der Waals surface area contributed by atoms with Gasteiger partial charge in [0.2, 0.25) is 5.95 Å². The summed E-state index contributed by atoms with van der Waals surface area (Å²) < 4.78 is 18.5. The Morgan fingerprint density at radius 2 is 2.19 bits per heavy atom. The van der Waals surface area contributed by atoms with Crippen molar-refractivity contribution in [3.05, 3.63) is 27.7 Å². The van der Waals surface area contributed by atoms with Crippen LogP contribution in [0.1, 0.15) is 16.2 Å². The third-order valence-corrected chi connectivity index (χ3v) is 1.97. The molecule has 84 valence electrons. The molecule has 0 aliphatic rings. The van der Waals surface area contributed by atoms with E-state index in [-0.39, 0.29) is 11.3 Å². The number of methoxy groups -OCH3 is 1. The minimum atomic E-state index is -1.09. The number of aromatic nitrogens is 4. The van der Waals surface area contributed by atoms with Crippen molar-refractivity contribution in [1.29, 1.82) is 0 Å². The van der Waals surface area contributed by atoms with E-state index in [9.17, 15) is 14.0 Å². The second-order valence-electron chi connectivity index (χ2n) is 3.03. The van der Waals surface area contributed by atoms with Crippen molar-refractivity contribution in [3.8, 4) is 0 Å². The average Bonchev–Trinajstić information content (AvgIpc) is 2.53. The van der Waals surface area contributed by atoms with Gasteiger partial charge >= 0.3 is 5.97 Å². The van der Waals surface area contributed by atoms with Crippen molar-refractivity contribution >= 4 is 11.5 Å². The zero-order chi connectivity index (χ0) is 11.9. The fourth-order valence-corrected chi connectivity index (χ4v) is 1.33. The molecule has 0 aromatic carbocycles. The number of rotatable bonds is 1. The molecule has 2 aromatic rings. The molecule has 2 rings (SSSR count). The molecular formula is C8H7FN4O3. The van der Waals surface area contributed by atoms with Gasteiger partial charge in [-0.15, -0.1) is 14.8 Å². The molecule has 16 heavy (non-hydrogen) atoms. The summed E-state index contributed by atoms with van der Waals surface area (Å²) in [5.41, 5.74) is -1.43. The molecule has 2 aromatic heterocycles. The SMILES string of the molecule is COC(=O)c1c(F)nn2nc(C)[nH]c(=O)c12. The number of esters is 1. The highest BCUT2D eigenvalue weighted by atomic mass is 19.1. The van der Waals surface area contributed by atoms with Crippen LogP contribution < -0.4 is 5.56 Å². The number of hydrogen-bond donors (Lipinski definition) is 1. The lowest BCUT2D eigenvalue weighted by Crippen LogP contribution is -2.17. The van der Waals surface area contributed by atoms with E-state index < -0.39 is 23.0 Å². The Morgan fingerprint density at radius 1 is 1.50 bits per heavy atom. The Balaban J connectivity index is 2.89. The van der Waals surface area contributed by atoms with Crippen molar-refractivity contribution < 1.29 is 13.9 Å². The van der Waals surface area contributed by atoms with E-state index in [2.05, 4.69) is 19.9 Å². The maximum absolute atomic E-state index is 13.3. The number of aryl methyl sites for hydroxylation is 1. The van der Waals surface area contributed by atoms with Gasteiger partial charge in [-0.3, -0.25) is 4.79 Å². The Kier molecular flexibility index (Phi) is 2.18. The van der Waals surface area contributed by atoms with Gasteiger partial charge in [0.25, 0.3) is 5.56 Å². The molecule has 8 heteroatoms. The normalized spacial score (nSPS) is 10.7. The number of aromatic amines is 1. The third-order valence-electron chi connectivity index (χ3n) is 1.97. The molecule has 0 radical (unpaired) electrons. The van der Waals surface area contributed by atoms with Crippen LogP contribution in [-0.2, 0) is 4.74 Å². The number of ether oxygens (including phenoxy) is 1. The van der Waals surface area contributed by atoms with Crippen LogP contribution in [0, 0.1) is 12.9 Å². The van der Waals surface area contributed by atoms with Crippen molar-refractivity contribution in [1.82, 2.24) is 19.8 Å². The van der Waals surface area contributed by atoms with Crippen LogP contribution >= 0.6 is 0 Å². The molecule has 0 spiro atoms. The van der Waals surface area contributed by atoms with E-state index in [1.54, 1.807) is 0 Å². The summed E-state index contributed by atoms with van der Waals surface area (Å²) >= 11 is 0. The number of carbonyl (C=O) groups is 1. The number of hydrogen-bond acceptors (Lipinski definition) is 5. The first-order valence-electron chi connectivity index (χ1n) is 4.28. The first-order valence-corrected chi connectivity index (χ1v) is 4.28. The second-order valence-corrected chi connectivity index (χ2v) is 3.03. The Bertz CT molecular complexity index is 630. The molecular weight excluding hydrogens is 219 g/mol. The van der Waals surface area contributed by atoms with Crippen LogP contribution in [0.25, 0.3) is 5.52 Å². The number of carbonyl (C=O) groups excluding carboxylic acids is 1. The fourth-order valence-electron chi connectivity index (χ4n) is 1.33. The molecule has 0 aliphatic heterocycles. The van der Waals surface area contributed by atoms with Crippen LogP contribution in [0.4, 0.5) is 4.39 Å². The summed E-state index contributed by atoms with van der Waals surface area (Å²) in [6.07, 6.45) is 0. The van der Waals surface area contributed by atoms with E-state index in [1.807, 2.05) is 0 Å². The smallest absolute Gasteiger partial charge is 0.345 e. The zero-order valence-corrected chi connectivity index (χ0v) is 8.44. The predicted molar refractivity (Wildman–Crippen MR) is 49.6 cm³/mol. The number of H-pyrrole nitrogens is 1. The highest BCUT2D eigenvalue weighted by molar-refractivity contribution is 5.96. The van der Waals surface area contributed by atoms with E-state index in [4.69, 9.17) is 0 Å². The lowest BCUT2D eigenvalue weighted by Gasteiger charge is -1.96. The van der Waals surface area contributed by atoms with E-state index in [0.29, 0.717) is 0 Å². The van der Waals surface area contributed by atoms with Crippen molar-refractivity contribution in [2.24, 2.45) is 0 Å². The molecule has 0 aliphatic carbocycles. The lowest BCUT2D eigenvalue weighted by molar-refractivity contribution is 0.0597. The molecule has 1 N–H and O–H groups in total. The fraction of sp³-hybridized carbons (Fsp3) is 0.250. The minimum Gasteiger partial charge on any atom is -0.465 e. The molecule has 0 atom stereocenters. The standard InChI is InChI=1S/C8H7FN4O3/c1-3-10-7(14)5-4(8(15)16-2)6(9)12-13(5)11-3/h1-2H3,(H,10,11,14). The number of nitrogens with zero attached hydrogens (tertiary/aromatic N) is 3. The highest BCUT2D eigenvalue weighted by Gasteiger charge is 2.23. The number of nitrogens with one attached hydrogen (secondary N) is 1. The van der Waals surface area contributed by atoms with Gasteiger partial charge in [0.1, 0.15) is 11.4 Å². The monoisotopic (exact) mass is 226 g/mol. The second kappa shape index (κ2) is 3.40. The molecule has 0 amide bonds. The first kappa shape index (κ1) is 10.3. The molecule has 0 unspecified atom stereocenters. The number of fused-ring (bicyclic) bond motifs is 1. The van der Waals surface area contributed by atoms with Gasteiger partial charge in [0.05, 0.1) is 7.11 Å². The molecule has 0 bridgehead atoms. The van der Waals surface area contributed by atoms with Crippen molar-refractivity contribution in [2.75, 3.05) is 7.11 Å². The van der Waals surface area contributed by atoms with E-state index >= 15 is 0 Å². The van der Waals surface area contributed by atoms with Gasteiger partial charge in [0, 0.05) is 0 Å². The molecule has 0 saturated carbocycles. The lowest BCUT2D eigenvalue weighted by atomic mass is 10.3. The first-order chi connectivity index (χ1) is 7.54. The third kappa shape index (κ3) is 1.35. The maximum Gasteiger partial charge on any atom is 0.345 e. The number of halogens is 1. The van der Waals surface area contributed by atoms with Crippen molar-refractivity contribution in [2.45, 2.75) is 6.92 Å². The van der Waals surface area contributed by atoms with Crippen LogP contribution in [0.5, 0.6) is 0 Å². The van der Waals surface area contributed by atoms with Gasteiger partial charge in [-0.25, -0.2) is 4.79 Å². The Morgan fingerprint density at radius 3 is 2.81 bits per heavy atom. The summed E-state index contributed by atoms with van der Waals surface area (Å²) in [5.74, 6) is -1.80. The van der Waals surface area contributed by atoms with Gasteiger partial charge in [-0.05, 0) is 6.92 Å². The minimum absolute atomic E-state index is 0.261. The van der Waals surface area contributed by atoms with Gasteiger partial charge < -0.3 is 9.72 Å². The summed E-state index contributed by atoms with van der Waals surface area (Å²) in [6.45, 7) is 1.51. The van der Waals surface area contributed by atoms with Gasteiger partial charge in [-0.2, -0.15) is 4.39 Å². The van der Waals surface area contributed by atoms with Gasteiger partial charge in [-0.1, -0.05) is 0 Å². The highest BCUT2D eigenvalue weighted by Crippen LogP contribution is 2.11. The zero-order valence-electron chi connectivity index (χ0n) is 8.44. The van der Waals surface area contributed by atoms with Crippen LogP contribution in [0.15, 0.2) is 4.79 Å². The van der Waals surface area contributed by atoms with Crippen LogP contribution in [0.3, 0.4) is 0 Å². The van der Waals surface area contributed by atoms with Crippen LogP contribution in [-0.4, -0.2) is 32.9 Å². The molecule has 7 nitrogen and oxygen atoms in total. The summed E-state index contributed by atoms with van der Waals surface area (Å²) in [5, 5.41) is 7.06. The van der Waals surface area contributed by atoms with Crippen molar-refractivity contribution in [3.63, 3.8) is 0 Å². The molecule has 0 saturated heterocycles. The largest absolute Gasteiger partial charge is 0.465 e. The van der Waals surface area contributed by atoms with Gasteiger partial charge in [0.15, 0.2) is 5.52 Å². The maximum atomic E-state index is 13.3. The summed E-state index contributed by atoms with van der Waals surface area (Å²) in [6, 6.07) is 0. The Hall–Kier alpha value is -2.25. The van der Waals surface area contributed by atoms with E-state index in [1.165, 1.54) is 6.92 Å². The quantitative estimate of drug-likeness (QED) is 0.671. The Labute approximate surface area is 87.8 Å². The topological polar surface area (TPSA) is 89.3 Å². The average molecular weight is 226 g/mol. The summed E-state index contributed by atoms with van der Waals surface area (Å²) in [4.78, 5) is 25.1. The summed E-state index contributed by atoms with van der Waals surface area (Å²) in [7, 11) is 1.08. The predicted octanol–water partition coefficient (Wildman–Crippen LogP) is -0.348. The molecule has 0 fully saturated rings. The van der Waals surface area contributed by atoms with Crippen LogP contribution in [0.2, 0.25) is 0 Å². The van der Waals surface area contributed by atoms with E-state index in [0.717, 1.165) is 11.7 Å².